The predicted molar refractivity (Wildman–Crippen MR) is 116 cm³/mol. The van der Waals surface area contributed by atoms with Gasteiger partial charge < -0.3 is 9.88 Å². The number of amides is 1. The lowest BCUT2D eigenvalue weighted by Crippen LogP contribution is -2.36. The summed E-state index contributed by atoms with van der Waals surface area (Å²) in [6.45, 7) is 6.12. The molecule has 0 radical (unpaired) electrons. The molecular formula is C23H26BrN3O. The Morgan fingerprint density at radius 1 is 1.21 bits per heavy atom. The third-order valence-corrected chi connectivity index (χ3v) is 6.37. The zero-order valence-corrected chi connectivity index (χ0v) is 18.3. The third kappa shape index (κ3) is 4.39. The number of nitrogens with zero attached hydrogens (tertiary/aromatic N) is 2. The van der Waals surface area contributed by atoms with Crippen molar-refractivity contribution in [2.75, 3.05) is 0 Å². The Labute approximate surface area is 175 Å². The molecule has 0 bridgehead atoms. The van der Waals surface area contributed by atoms with Gasteiger partial charge in [0.25, 0.3) is 5.91 Å². The third-order valence-electron chi connectivity index (χ3n) is 5.48. The quantitative estimate of drug-likeness (QED) is 0.503. The molecule has 0 unspecified atom stereocenters. The Kier molecular flexibility index (Phi) is 6.41. The minimum absolute atomic E-state index is 0.165. The molecule has 1 aromatic heterocycles. The maximum atomic E-state index is 12.6. The van der Waals surface area contributed by atoms with Crippen LogP contribution in [0.25, 0.3) is 11.8 Å². The molecule has 146 valence electrons. The molecule has 1 saturated carbocycles. The number of aromatic nitrogens is 1. The lowest BCUT2D eigenvalue weighted by atomic mass is 9.95. The minimum atomic E-state index is -0.265. The number of hydrogen-bond donors (Lipinski definition) is 1. The summed E-state index contributed by atoms with van der Waals surface area (Å²) in [6, 6.07) is 10.5. The summed E-state index contributed by atoms with van der Waals surface area (Å²) in [5.74, 6) is -0.265. The van der Waals surface area contributed by atoms with Gasteiger partial charge in [0.1, 0.15) is 11.6 Å². The van der Waals surface area contributed by atoms with Crippen molar-refractivity contribution in [3.05, 3.63) is 56.8 Å². The first-order valence-electron chi connectivity index (χ1n) is 9.79. The van der Waals surface area contributed by atoms with Crippen LogP contribution in [0.15, 0.2) is 34.3 Å². The lowest BCUT2D eigenvalue weighted by molar-refractivity contribution is -0.117. The molecular weight excluding hydrogens is 414 g/mol. The van der Waals surface area contributed by atoms with E-state index in [-0.39, 0.29) is 17.5 Å². The summed E-state index contributed by atoms with van der Waals surface area (Å²) in [7, 11) is 0. The van der Waals surface area contributed by atoms with Crippen LogP contribution in [0.1, 0.15) is 54.6 Å². The predicted octanol–water partition coefficient (Wildman–Crippen LogP) is 5.52. The van der Waals surface area contributed by atoms with Crippen molar-refractivity contribution in [3.8, 4) is 11.8 Å². The van der Waals surface area contributed by atoms with E-state index in [0.717, 1.165) is 58.4 Å². The molecule has 1 aromatic carbocycles. The second kappa shape index (κ2) is 8.79. The Morgan fingerprint density at radius 2 is 1.93 bits per heavy atom. The first-order chi connectivity index (χ1) is 13.4. The highest BCUT2D eigenvalue weighted by Gasteiger charge is 2.19. The number of benzene rings is 1. The highest BCUT2D eigenvalue weighted by Crippen LogP contribution is 2.26. The molecule has 1 heterocycles. The second-order valence-electron chi connectivity index (χ2n) is 7.57. The van der Waals surface area contributed by atoms with Crippen molar-refractivity contribution in [3.63, 3.8) is 0 Å². The Morgan fingerprint density at radius 3 is 2.57 bits per heavy atom. The number of nitrogens with one attached hydrogen (secondary N) is 1. The van der Waals surface area contributed by atoms with Crippen LogP contribution in [0.2, 0.25) is 0 Å². The van der Waals surface area contributed by atoms with E-state index >= 15 is 0 Å². The Bertz CT molecular complexity index is 959. The zero-order chi connectivity index (χ0) is 20.3. The molecule has 0 atom stereocenters. The summed E-state index contributed by atoms with van der Waals surface area (Å²) < 4.78 is 3.23. The van der Waals surface area contributed by atoms with Crippen LogP contribution in [0.5, 0.6) is 0 Å². The topological polar surface area (TPSA) is 57.8 Å². The van der Waals surface area contributed by atoms with Gasteiger partial charge in [-0.05, 0) is 75.1 Å². The number of carbonyl (C=O) groups excluding carboxylic acids is 1. The van der Waals surface area contributed by atoms with E-state index in [1.165, 1.54) is 6.42 Å². The molecule has 5 heteroatoms. The second-order valence-corrected chi connectivity index (χ2v) is 8.43. The standard InChI is InChI=1S/C23H26BrN3O/c1-15-11-21(9-10-22(15)24)27-16(2)12-18(17(27)3)13-19(14-25)23(28)26-20-7-5-4-6-8-20/h9-13,20H,4-8H2,1-3H3,(H,26,28)/b19-13+. The largest absolute Gasteiger partial charge is 0.349 e. The normalized spacial score (nSPS) is 15.3. The van der Waals surface area contributed by atoms with E-state index in [1.807, 2.05) is 26.0 Å². The van der Waals surface area contributed by atoms with Crippen molar-refractivity contribution < 1.29 is 4.79 Å². The first-order valence-corrected chi connectivity index (χ1v) is 10.6. The number of rotatable bonds is 4. The van der Waals surface area contributed by atoms with Gasteiger partial charge in [0.05, 0.1) is 0 Å². The molecule has 1 aliphatic rings. The number of nitriles is 1. The fourth-order valence-corrected chi connectivity index (χ4v) is 4.16. The van der Waals surface area contributed by atoms with Crippen molar-refractivity contribution in [1.29, 1.82) is 5.26 Å². The Balaban J connectivity index is 1.89. The summed E-state index contributed by atoms with van der Waals surface area (Å²) in [5, 5.41) is 12.6. The van der Waals surface area contributed by atoms with Crippen molar-refractivity contribution in [2.24, 2.45) is 0 Å². The van der Waals surface area contributed by atoms with Crippen LogP contribution >= 0.6 is 15.9 Å². The van der Waals surface area contributed by atoms with E-state index in [0.29, 0.717) is 0 Å². The van der Waals surface area contributed by atoms with Gasteiger partial charge in [0.2, 0.25) is 0 Å². The Hall–Kier alpha value is -2.32. The van der Waals surface area contributed by atoms with Gasteiger partial charge in [-0.2, -0.15) is 5.26 Å². The number of hydrogen-bond acceptors (Lipinski definition) is 2. The molecule has 28 heavy (non-hydrogen) atoms. The van der Waals surface area contributed by atoms with E-state index in [4.69, 9.17) is 0 Å². The molecule has 0 aliphatic heterocycles. The first kappa shape index (κ1) is 20.4. The van der Waals surface area contributed by atoms with Crippen LogP contribution in [0.3, 0.4) is 0 Å². The molecule has 4 nitrogen and oxygen atoms in total. The van der Waals surface area contributed by atoms with E-state index < -0.39 is 0 Å². The molecule has 1 aliphatic carbocycles. The summed E-state index contributed by atoms with van der Waals surface area (Å²) >= 11 is 3.54. The van der Waals surface area contributed by atoms with Gasteiger partial charge in [0.15, 0.2) is 0 Å². The molecule has 0 spiro atoms. The smallest absolute Gasteiger partial charge is 0.262 e. The van der Waals surface area contributed by atoms with Crippen molar-refractivity contribution in [1.82, 2.24) is 9.88 Å². The van der Waals surface area contributed by atoms with Gasteiger partial charge in [-0.25, -0.2) is 0 Å². The molecule has 3 rings (SSSR count). The van der Waals surface area contributed by atoms with Gasteiger partial charge in [-0.1, -0.05) is 35.2 Å². The van der Waals surface area contributed by atoms with Gasteiger partial charge in [-0.15, -0.1) is 0 Å². The van der Waals surface area contributed by atoms with E-state index in [9.17, 15) is 10.1 Å². The zero-order valence-electron chi connectivity index (χ0n) is 16.7. The maximum absolute atomic E-state index is 12.6. The summed E-state index contributed by atoms with van der Waals surface area (Å²) in [4.78, 5) is 12.6. The minimum Gasteiger partial charge on any atom is -0.349 e. The fourth-order valence-electron chi connectivity index (χ4n) is 3.91. The van der Waals surface area contributed by atoms with E-state index in [1.54, 1.807) is 6.08 Å². The van der Waals surface area contributed by atoms with Crippen molar-refractivity contribution in [2.45, 2.75) is 58.9 Å². The highest BCUT2D eigenvalue weighted by molar-refractivity contribution is 9.10. The molecule has 1 fully saturated rings. The van der Waals surface area contributed by atoms with Crippen LogP contribution in [-0.4, -0.2) is 16.5 Å². The maximum Gasteiger partial charge on any atom is 0.262 e. The van der Waals surface area contributed by atoms with E-state index in [2.05, 4.69) is 50.9 Å². The van der Waals surface area contributed by atoms with Gasteiger partial charge in [0, 0.05) is 27.6 Å². The number of carbonyl (C=O) groups is 1. The lowest BCUT2D eigenvalue weighted by Gasteiger charge is -2.22. The number of halogens is 1. The van der Waals surface area contributed by atoms with Gasteiger partial charge in [-0.3, -0.25) is 4.79 Å². The molecule has 0 saturated heterocycles. The van der Waals surface area contributed by atoms with Crippen LogP contribution in [0, 0.1) is 32.1 Å². The summed E-state index contributed by atoms with van der Waals surface area (Å²) in [6.07, 6.45) is 7.23. The number of aryl methyl sites for hydroxylation is 2. The van der Waals surface area contributed by atoms with Crippen molar-refractivity contribution >= 4 is 27.9 Å². The SMILES string of the molecule is Cc1cc(-n2c(C)cc(/C=C(\C#N)C(=O)NC3CCCCC3)c2C)ccc1Br. The van der Waals surface area contributed by atoms with Crippen LogP contribution in [0.4, 0.5) is 0 Å². The molecule has 1 N–H and O–H groups in total. The average Bonchev–Trinajstić information content (AvgIpc) is 2.96. The van der Waals surface area contributed by atoms with Crippen LogP contribution < -0.4 is 5.32 Å². The summed E-state index contributed by atoms with van der Waals surface area (Å²) in [5.41, 5.74) is 5.37. The van der Waals surface area contributed by atoms with Crippen LogP contribution in [-0.2, 0) is 4.79 Å². The van der Waals surface area contributed by atoms with Gasteiger partial charge >= 0.3 is 0 Å². The molecule has 2 aromatic rings. The average molecular weight is 440 g/mol. The highest BCUT2D eigenvalue weighted by atomic mass is 79.9. The fraction of sp³-hybridized carbons (Fsp3) is 0.391. The molecule has 1 amide bonds. The monoisotopic (exact) mass is 439 g/mol.